The van der Waals surface area contributed by atoms with E-state index in [-0.39, 0.29) is 73.9 Å². The number of aryl methyl sites for hydroxylation is 2. The molecule has 0 bridgehead atoms. The van der Waals surface area contributed by atoms with Gasteiger partial charge in [-0.05, 0) is 65.8 Å². The van der Waals surface area contributed by atoms with Crippen LogP contribution in [0.25, 0.3) is 11.1 Å². The Morgan fingerprint density at radius 3 is 2.14 bits per heavy atom. The standard InChI is InChI=1S/C37H36O12/c1-13-6-15-10-19-26(23(48-3)11-22(41)29(19)33(44)25(15)20(39)8-13)17-5-4-16-27(37-36(47)35(46)32(43)24(12-38)49-37)18-7-14(2)9-21(40)28(18)34(45)30(16)31(17)42/h4-9,11,24,27,32-33,35-44,46-47H,10,12H2,1-3H3. The van der Waals surface area contributed by atoms with Gasteiger partial charge in [-0.3, -0.25) is 4.79 Å². The van der Waals surface area contributed by atoms with Crippen molar-refractivity contribution in [3.63, 3.8) is 0 Å². The summed E-state index contributed by atoms with van der Waals surface area (Å²) in [5.74, 6) is -3.05. The van der Waals surface area contributed by atoms with Gasteiger partial charge in [0, 0.05) is 34.2 Å². The van der Waals surface area contributed by atoms with E-state index >= 15 is 0 Å². The zero-order valence-electron chi connectivity index (χ0n) is 26.7. The van der Waals surface area contributed by atoms with E-state index in [1.54, 1.807) is 32.0 Å². The molecule has 0 radical (unpaired) electrons. The van der Waals surface area contributed by atoms with Gasteiger partial charge in [0.1, 0.15) is 59.3 Å². The van der Waals surface area contributed by atoms with Crippen LogP contribution in [0.3, 0.4) is 0 Å². The van der Waals surface area contributed by atoms with Crippen LogP contribution in [0.15, 0.2) is 42.5 Å². The number of carbonyl (C=O) groups is 1. The van der Waals surface area contributed by atoms with Crippen LogP contribution in [0.5, 0.6) is 28.7 Å². The number of phenols is 4. The average molecular weight is 673 g/mol. The molecule has 7 atom stereocenters. The lowest BCUT2D eigenvalue weighted by molar-refractivity contribution is -0.232. The third-order valence-electron chi connectivity index (χ3n) is 10.1. The molecule has 2 aliphatic carbocycles. The van der Waals surface area contributed by atoms with Gasteiger partial charge in [-0.1, -0.05) is 24.3 Å². The van der Waals surface area contributed by atoms with Crippen molar-refractivity contribution in [3.05, 3.63) is 98.1 Å². The quantitative estimate of drug-likeness (QED) is 0.153. The molecule has 1 fully saturated rings. The molecule has 12 nitrogen and oxygen atoms in total. The van der Waals surface area contributed by atoms with Gasteiger partial charge in [-0.15, -0.1) is 0 Å². The molecule has 7 rings (SSSR count). The molecule has 4 aromatic carbocycles. The Balaban J connectivity index is 1.47. The van der Waals surface area contributed by atoms with E-state index in [0.717, 1.165) is 5.56 Å². The number of aliphatic hydroxyl groups excluding tert-OH is 5. The van der Waals surface area contributed by atoms with Crippen molar-refractivity contribution in [1.82, 2.24) is 0 Å². The number of rotatable bonds is 4. The lowest BCUT2D eigenvalue weighted by Crippen LogP contribution is -2.60. The van der Waals surface area contributed by atoms with Gasteiger partial charge < -0.3 is 55.4 Å². The third-order valence-corrected chi connectivity index (χ3v) is 10.1. The van der Waals surface area contributed by atoms with Crippen LogP contribution in [-0.4, -0.2) is 96.0 Å². The lowest BCUT2D eigenvalue weighted by atomic mass is 9.70. The summed E-state index contributed by atoms with van der Waals surface area (Å²) in [4.78, 5) is 14.3. The largest absolute Gasteiger partial charge is 0.508 e. The highest BCUT2D eigenvalue weighted by atomic mass is 16.5. The number of methoxy groups -OCH3 is 1. The minimum absolute atomic E-state index is 0.0866. The maximum atomic E-state index is 14.3. The van der Waals surface area contributed by atoms with Gasteiger partial charge in [0.15, 0.2) is 0 Å². The van der Waals surface area contributed by atoms with Crippen LogP contribution in [0.2, 0.25) is 0 Å². The van der Waals surface area contributed by atoms with Crippen molar-refractivity contribution in [2.45, 2.75) is 62.8 Å². The number of ketones is 1. The average Bonchev–Trinajstić information content (AvgIpc) is 3.04. The zero-order valence-corrected chi connectivity index (χ0v) is 26.7. The van der Waals surface area contributed by atoms with E-state index in [1.807, 2.05) is 0 Å². The van der Waals surface area contributed by atoms with Gasteiger partial charge in [0.05, 0.1) is 30.9 Å². The van der Waals surface area contributed by atoms with Crippen LogP contribution >= 0.6 is 0 Å². The molecule has 1 heterocycles. The van der Waals surface area contributed by atoms with Crippen molar-refractivity contribution in [2.24, 2.45) is 0 Å². The maximum Gasteiger partial charge on any atom is 0.201 e. The van der Waals surface area contributed by atoms with Gasteiger partial charge in [-0.25, -0.2) is 0 Å². The van der Waals surface area contributed by atoms with Crippen LogP contribution in [0.4, 0.5) is 0 Å². The number of hydrogen-bond acceptors (Lipinski definition) is 12. The fourth-order valence-electron chi connectivity index (χ4n) is 7.95. The molecule has 49 heavy (non-hydrogen) atoms. The van der Waals surface area contributed by atoms with Gasteiger partial charge in [0.25, 0.3) is 0 Å². The summed E-state index contributed by atoms with van der Waals surface area (Å²) >= 11 is 0. The van der Waals surface area contributed by atoms with Crippen molar-refractivity contribution in [1.29, 1.82) is 0 Å². The minimum atomic E-state index is -1.73. The molecular formula is C37H36O12. The zero-order chi connectivity index (χ0) is 35.2. The molecule has 256 valence electrons. The van der Waals surface area contributed by atoms with Crippen LogP contribution < -0.4 is 4.74 Å². The second kappa shape index (κ2) is 11.7. The smallest absolute Gasteiger partial charge is 0.201 e. The Bertz CT molecular complexity index is 2040. The Hall–Kier alpha value is -4.69. The van der Waals surface area contributed by atoms with Gasteiger partial charge >= 0.3 is 0 Å². The highest BCUT2D eigenvalue weighted by Gasteiger charge is 2.50. The first-order chi connectivity index (χ1) is 23.3. The molecule has 1 saturated heterocycles. The van der Waals surface area contributed by atoms with E-state index in [1.165, 1.54) is 31.4 Å². The Morgan fingerprint density at radius 2 is 1.45 bits per heavy atom. The number of aromatic hydroxyl groups is 4. The van der Waals surface area contributed by atoms with Crippen LogP contribution in [-0.2, 0) is 11.2 Å². The first-order valence-corrected chi connectivity index (χ1v) is 15.8. The van der Waals surface area contributed by atoms with Crippen LogP contribution in [0, 0.1) is 13.8 Å². The third kappa shape index (κ3) is 4.78. The normalized spacial score (nSPS) is 25.6. The molecule has 9 N–H and O–H groups in total. The number of fused-ring (bicyclic) bond motifs is 4. The Labute approximate surface area is 280 Å². The van der Waals surface area contributed by atoms with Crippen molar-refractivity contribution in [3.8, 4) is 39.9 Å². The molecule has 1 aliphatic heterocycles. The topological polar surface area (TPSA) is 218 Å². The molecule has 0 amide bonds. The molecule has 4 aromatic rings. The van der Waals surface area contributed by atoms with Crippen molar-refractivity contribution >= 4 is 5.78 Å². The van der Waals surface area contributed by atoms with Gasteiger partial charge in [-0.2, -0.15) is 0 Å². The molecular weight excluding hydrogens is 636 g/mol. The number of phenolic OH excluding ortho intramolecular Hbond substituents is 4. The Kier molecular flexibility index (Phi) is 7.86. The highest BCUT2D eigenvalue weighted by molar-refractivity contribution is 6.17. The highest BCUT2D eigenvalue weighted by Crippen LogP contribution is 2.54. The molecule has 0 saturated carbocycles. The molecule has 0 aromatic heterocycles. The maximum absolute atomic E-state index is 14.3. The lowest BCUT2D eigenvalue weighted by Gasteiger charge is -2.45. The van der Waals surface area contributed by atoms with E-state index in [0.29, 0.717) is 16.7 Å². The van der Waals surface area contributed by atoms with Crippen LogP contribution in [0.1, 0.15) is 72.5 Å². The van der Waals surface area contributed by atoms with E-state index < -0.39 is 60.7 Å². The summed E-state index contributed by atoms with van der Waals surface area (Å²) in [5.41, 5.74) is 2.98. The van der Waals surface area contributed by atoms with E-state index in [9.17, 15) is 50.8 Å². The van der Waals surface area contributed by atoms with Crippen molar-refractivity contribution < 1.29 is 60.2 Å². The summed E-state index contributed by atoms with van der Waals surface area (Å²) in [6.45, 7) is 2.79. The summed E-state index contributed by atoms with van der Waals surface area (Å²) < 4.78 is 11.6. The second-order valence-electron chi connectivity index (χ2n) is 13.1. The molecule has 0 spiro atoms. The minimum Gasteiger partial charge on any atom is -0.508 e. The fourth-order valence-corrected chi connectivity index (χ4v) is 7.95. The van der Waals surface area contributed by atoms with E-state index in [2.05, 4.69) is 0 Å². The summed E-state index contributed by atoms with van der Waals surface area (Å²) in [6.07, 6.45) is -8.99. The number of carbonyl (C=O) groups excluding carboxylic acids is 1. The summed E-state index contributed by atoms with van der Waals surface area (Å²) in [7, 11) is 1.36. The summed E-state index contributed by atoms with van der Waals surface area (Å²) in [6, 6.07) is 10.6. The predicted molar refractivity (Wildman–Crippen MR) is 173 cm³/mol. The van der Waals surface area contributed by atoms with Crippen molar-refractivity contribution in [2.75, 3.05) is 13.7 Å². The molecule has 7 unspecified atom stereocenters. The number of benzene rings is 4. The first-order valence-electron chi connectivity index (χ1n) is 15.8. The molecule has 3 aliphatic rings. The van der Waals surface area contributed by atoms with E-state index in [4.69, 9.17) is 9.47 Å². The van der Waals surface area contributed by atoms with Gasteiger partial charge in [0.2, 0.25) is 5.78 Å². The SMILES string of the molecule is COc1cc(O)c2c(c1-c1ccc3c(c1O)C(=O)c1c(O)cc(C)cc1C3C1OC(CO)C(O)C(O)C1O)Cc1cc(C)cc(O)c1C2O. The summed E-state index contributed by atoms with van der Waals surface area (Å²) in [5, 5.41) is 98.7. The monoisotopic (exact) mass is 672 g/mol. The fraction of sp³-hybridized carbons (Fsp3) is 0.324. The number of aliphatic hydroxyl groups is 5. The number of hydrogen-bond donors (Lipinski definition) is 9. The second-order valence-corrected chi connectivity index (χ2v) is 13.1. The first kappa shape index (κ1) is 32.8. The molecule has 12 heteroatoms. The predicted octanol–water partition coefficient (Wildman–Crippen LogP) is 2.31. The Morgan fingerprint density at radius 1 is 0.776 bits per heavy atom. The number of ether oxygens (including phenoxy) is 2.